The van der Waals surface area contributed by atoms with E-state index in [0.717, 1.165) is 42.6 Å². The van der Waals surface area contributed by atoms with Gasteiger partial charge in [0.15, 0.2) is 5.17 Å². The second-order valence-corrected chi connectivity index (χ2v) is 10.9. The minimum atomic E-state index is -0.681. The summed E-state index contributed by atoms with van der Waals surface area (Å²) in [6.07, 6.45) is 6.00. The van der Waals surface area contributed by atoms with Crippen LogP contribution in [0.5, 0.6) is 5.75 Å². The Morgan fingerprint density at radius 1 is 1.05 bits per heavy atom. The van der Waals surface area contributed by atoms with Gasteiger partial charge in [0, 0.05) is 24.6 Å². The Balaban J connectivity index is 1.20. The number of thioether (sulfide) groups is 1. The molecule has 2 heterocycles. The Morgan fingerprint density at radius 2 is 1.82 bits per heavy atom. The van der Waals surface area contributed by atoms with E-state index in [-0.39, 0.29) is 42.4 Å². The molecule has 0 saturated heterocycles. The van der Waals surface area contributed by atoms with Crippen molar-refractivity contribution in [2.45, 2.75) is 63.6 Å². The standard InChI is InChI=1S/C29H33N5O4S/c1-38-21-13-11-19(12-14-21)17-30-25(35)16-15-24-28(37)34-27(32-24)22-9-5-6-10-23(22)33-29(34)39-18-26(36)31-20-7-3-2-4-8-20/h5-6,9-14,20,24H,2-4,7-8,15-18H2,1H3,(H,30,35)(H,31,36)/t24-/m0/s1. The molecule has 2 N–H and O–H groups in total. The number of ether oxygens (including phenoxy) is 1. The van der Waals surface area contributed by atoms with E-state index < -0.39 is 6.04 Å². The molecule has 1 atom stereocenters. The van der Waals surface area contributed by atoms with Crippen molar-refractivity contribution in [3.63, 3.8) is 0 Å². The van der Waals surface area contributed by atoms with Crippen molar-refractivity contribution in [2.75, 3.05) is 12.9 Å². The van der Waals surface area contributed by atoms with Crippen LogP contribution in [0.3, 0.4) is 0 Å². The molecule has 2 aromatic rings. The van der Waals surface area contributed by atoms with E-state index in [9.17, 15) is 14.4 Å². The Morgan fingerprint density at radius 3 is 2.59 bits per heavy atom. The average molecular weight is 548 g/mol. The summed E-state index contributed by atoms with van der Waals surface area (Å²) in [6.45, 7) is 0.395. The van der Waals surface area contributed by atoms with Gasteiger partial charge in [0.2, 0.25) is 11.8 Å². The lowest BCUT2D eigenvalue weighted by Crippen LogP contribution is -2.42. The van der Waals surface area contributed by atoms with Crippen LogP contribution in [0, 0.1) is 0 Å². The molecule has 1 fully saturated rings. The number of nitrogens with zero attached hydrogens (tertiary/aromatic N) is 3. The number of hydrogen-bond acceptors (Lipinski definition) is 7. The van der Waals surface area contributed by atoms with Crippen molar-refractivity contribution in [1.29, 1.82) is 0 Å². The fraction of sp³-hybridized carbons (Fsp3) is 0.414. The SMILES string of the molecule is COc1ccc(CNC(=O)CC[C@@H]2N=C3c4ccccc4N=C(SCC(=O)NC4CCCCC4)N3C2=O)cc1. The highest BCUT2D eigenvalue weighted by atomic mass is 32.2. The first-order chi connectivity index (χ1) is 19.0. The van der Waals surface area contributed by atoms with Crippen LogP contribution in [-0.4, -0.2) is 58.6 Å². The number of nitrogens with one attached hydrogen (secondary N) is 2. The van der Waals surface area contributed by atoms with Crippen molar-refractivity contribution in [2.24, 2.45) is 9.98 Å². The summed E-state index contributed by atoms with van der Waals surface area (Å²) < 4.78 is 5.16. The van der Waals surface area contributed by atoms with E-state index >= 15 is 0 Å². The molecule has 9 nitrogen and oxygen atoms in total. The predicted molar refractivity (Wildman–Crippen MR) is 152 cm³/mol. The quantitative estimate of drug-likeness (QED) is 0.494. The van der Waals surface area contributed by atoms with Gasteiger partial charge >= 0.3 is 0 Å². The van der Waals surface area contributed by atoms with Gasteiger partial charge in [-0.1, -0.05) is 55.3 Å². The molecule has 0 unspecified atom stereocenters. The molecule has 2 aliphatic heterocycles. The van der Waals surface area contributed by atoms with Gasteiger partial charge in [-0.25, -0.2) is 9.89 Å². The van der Waals surface area contributed by atoms with Crippen LogP contribution in [0.2, 0.25) is 0 Å². The lowest BCUT2D eigenvalue weighted by atomic mass is 9.95. The smallest absolute Gasteiger partial charge is 0.259 e. The molecular weight excluding hydrogens is 514 g/mol. The van der Waals surface area contributed by atoms with Gasteiger partial charge < -0.3 is 15.4 Å². The number of methoxy groups -OCH3 is 1. The number of fused-ring (bicyclic) bond motifs is 3. The maximum atomic E-state index is 13.4. The van der Waals surface area contributed by atoms with E-state index in [2.05, 4.69) is 10.6 Å². The first-order valence-corrected chi connectivity index (χ1v) is 14.4. The van der Waals surface area contributed by atoms with Gasteiger partial charge in [-0.15, -0.1) is 0 Å². The number of carbonyl (C=O) groups is 3. The fourth-order valence-corrected chi connectivity index (χ4v) is 5.85. The summed E-state index contributed by atoms with van der Waals surface area (Å²) in [5, 5.41) is 6.47. The predicted octanol–water partition coefficient (Wildman–Crippen LogP) is 3.93. The third-order valence-electron chi connectivity index (χ3n) is 7.14. The molecular formula is C29H33N5O4S. The molecule has 0 bridgehead atoms. The minimum Gasteiger partial charge on any atom is -0.497 e. The lowest BCUT2D eigenvalue weighted by molar-refractivity contribution is -0.125. The first kappa shape index (κ1) is 26.9. The first-order valence-electron chi connectivity index (χ1n) is 13.4. The van der Waals surface area contributed by atoms with Gasteiger partial charge in [-0.2, -0.15) is 0 Å². The van der Waals surface area contributed by atoms with Gasteiger partial charge in [-0.3, -0.25) is 19.4 Å². The van der Waals surface area contributed by atoms with E-state index in [1.807, 2.05) is 48.5 Å². The molecule has 3 aliphatic rings. The van der Waals surface area contributed by atoms with Crippen LogP contribution in [0.15, 0.2) is 58.5 Å². The third-order valence-corrected chi connectivity index (χ3v) is 8.08. The summed E-state index contributed by atoms with van der Waals surface area (Å²) in [7, 11) is 1.61. The maximum Gasteiger partial charge on any atom is 0.259 e. The molecule has 0 aromatic heterocycles. The van der Waals surface area contributed by atoms with E-state index in [1.165, 1.54) is 23.1 Å². The molecule has 0 radical (unpaired) electrons. The normalized spacial score (nSPS) is 18.5. The summed E-state index contributed by atoms with van der Waals surface area (Å²) in [6, 6.07) is 14.6. The summed E-state index contributed by atoms with van der Waals surface area (Å²) in [5.41, 5.74) is 2.45. The van der Waals surface area contributed by atoms with Crippen molar-refractivity contribution in [3.05, 3.63) is 59.7 Å². The topological polar surface area (TPSA) is 112 Å². The minimum absolute atomic E-state index is 0.0522. The Labute approximate surface area is 232 Å². The average Bonchev–Trinajstić information content (AvgIpc) is 3.31. The molecule has 2 aromatic carbocycles. The Bertz CT molecular complexity index is 1290. The van der Waals surface area contributed by atoms with Crippen molar-refractivity contribution < 1.29 is 19.1 Å². The fourth-order valence-electron chi connectivity index (χ4n) is 5.03. The van der Waals surface area contributed by atoms with E-state index in [4.69, 9.17) is 14.7 Å². The van der Waals surface area contributed by atoms with Crippen LogP contribution >= 0.6 is 11.8 Å². The molecule has 10 heteroatoms. The molecule has 5 rings (SSSR count). The maximum absolute atomic E-state index is 13.4. The second kappa shape index (κ2) is 12.5. The van der Waals surface area contributed by atoms with E-state index in [0.29, 0.717) is 23.2 Å². The molecule has 1 saturated carbocycles. The number of amidine groups is 2. The second-order valence-electron chi connectivity index (χ2n) is 9.91. The van der Waals surface area contributed by atoms with Gasteiger partial charge in [0.05, 0.1) is 18.6 Å². The largest absolute Gasteiger partial charge is 0.497 e. The van der Waals surface area contributed by atoms with Crippen LogP contribution in [-0.2, 0) is 20.9 Å². The van der Waals surface area contributed by atoms with Crippen LogP contribution < -0.4 is 15.4 Å². The zero-order valence-corrected chi connectivity index (χ0v) is 22.8. The number of carbonyl (C=O) groups excluding carboxylic acids is 3. The lowest BCUT2D eigenvalue weighted by Gasteiger charge is -2.26. The highest BCUT2D eigenvalue weighted by Gasteiger charge is 2.41. The zero-order valence-electron chi connectivity index (χ0n) is 22.0. The van der Waals surface area contributed by atoms with Crippen molar-refractivity contribution >= 4 is 46.2 Å². The van der Waals surface area contributed by atoms with E-state index in [1.54, 1.807) is 7.11 Å². The van der Waals surface area contributed by atoms with Gasteiger partial charge in [-0.05, 0) is 49.1 Å². The monoisotopic (exact) mass is 547 g/mol. The number of amides is 3. The summed E-state index contributed by atoms with van der Waals surface area (Å²) in [5.74, 6) is 1.04. The molecule has 3 amide bonds. The molecule has 204 valence electrons. The van der Waals surface area contributed by atoms with Crippen LogP contribution in [0.25, 0.3) is 0 Å². The third kappa shape index (κ3) is 6.50. The summed E-state index contributed by atoms with van der Waals surface area (Å²) in [4.78, 5) is 49.6. The highest BCUT2D eigenvalue weighted by Crippen LogP contribution is 2.34. The van der Waals surface area contributed by atoms with Crippen LogP contribution in [0.1, 0.15) is 56.1 Å². The number of para-hydroxylation sites is 1. The molecule has 1 aliphatic carbocycles. The number of hydrogen-bond donors (Lipinski definition) is 2. The van der Waals surface area contributed by atoms with Gasteiger partial charge in [0.1, 0.15) is 17.6 Å². The zero-order chi connectivity index (χ0) is 27.2. The molecule has 0 spiro atoms. The molecule has 39 heavy (non-hydrogen) atoms. The number of rotatable bonds is 9. The number of benzene rings is 2. The van der Waals surface area contributed by atoms with Crippen molar-refractivity contribution in [1.82, 2.24) is 15.5 Å². The highest BCUT2D eigenvalue weighted by molar-refractivity contribution is 8.14. The Kier molecular flexibility index (Phi) is 8.61. The summed E-state index contributed by atoms with van der Waals surface area (Å²) >= 11 is 1.25. The van der Waals surface area contributed by atoms with Gasteiger partial charge in [0.25, 0.3) is 5.91 Å². The van der Waals surface area contributed by atoms with Crippen molar-refractivity contribution in [3.8, 4) is 5.75 Å². The van der Waals surface area contributed by atoms with Crippen LogP contribution in [0.4, 0.5) is 5.69 Å². The number of aliphatic imine (C=N–C) groups is 2. The Hall–Kier alpha value is -3.66.